The third-order valence-corrected chi connectivity index (χ3v) is 6.46. The van der Waals surface area contributed by atoms with Gasteiger partial charge in [0.05, 0.1) is 11.5 Å². The fourth-order valence-corrected chi connectivity index (χ4v) is 4.67. The normalized spacial score (nSPS) is 24.0. The summed E-state index contributed by atoms with van der Waals surface area (Å²) in [6, 6.07) is 3.84. The van der Waals surface area contributed by atoms with Crippen molar-refractivity contribution in [2.45, 2.75) is 37.9 Å². The van der Waals surface area contributed by atoms with E-state index in [0.29, 0.717) is 12.5 Å². The lowest BCUT2D eigenvalue weighted by atomic mass is 9.98. The number of hydrogen-bond donors (Lipinski definition) is 1. The highest BCUT2D eigenvalue weighted by Gasteiger charge is 2.35. The molecule has 6 heteroatoms. The summed E-state index contributed by atoms with van der Waals surface area (Å²) in [5.41, 5.74) is 1.26. The van der Waals surface area contributed by atoms with E-state index in [1.165, 1.54) is 5.57 Å². The lowest BCUT2D eigenvalue weighted by molar-refractivity contribution is 0.189. The average Bonchev–Trinajstić information content (AvgIpc) is 3.26. The van der Waals surface area contributed by atoms with Crippen LogP contribution < -0.4 is 4.72 Å². The maximum Gasteiger partial charge on any atom is 0.214 e. The first-order valence-corrected chi connectivity index (χ1v) is 9.99. The summed E-state index contributed by atoms with van der Waals surface area (Å²) in [6.45, 7) is 5.64. The maximum atomic E-state index is 11.9. The molecule has 0 aromatic carbocycles. The first-order chi connectivity index (χ1) is 11.0. The van der Waals surface area contributed by atoms with Gasteiger partial charge >= 0.3 is 0 Å². The zero-order valence-electron chi connectivity index (χ0n) is 13.7. The van der Waals surface area contributed by atoms with Crippen molar-refractivity contribution in [3.05, 3.63) is 29.7 Å². The zero-order valence-corrected chi connectivity index (χ0v) is 14.5. The first-order valence-electron chi connectivity index (χ1n) is 8.44. The van der Waals surface area contributed by atoms with Gasteiger partial charge in [-0.25, -0.2) is 13.1 Å². The number of hydrogen-bond acceptors (Lipinski definition) is 4. The Labute approximate surface area is 138 Å². The van der Waals surface area contributed by atoms with Crippen LogP contribution in [0.3, 0.4) is 0 Å². The van der Waals surface area contributed by atoms with Gasteiger partial charge in [-0.2, -0.15) is 0 Å². The number of sulfonamides is 1. The molecule has 5 nitrogen and oxygen atoms in total. The predicted octanol–water partition coefficient (Wildman–Crippen LogP) is 2.48. The van der Waals surface area contributed by atoms with Crippen LogP contribution in [0.2, 0.25) is 0 Å². The molecule has 23 heavy (non-hydrogen) atoms. The Morgan fingerprint density at radius 3 is 2.96 bits per heavy atom. The van der Waals surface area contributed by atoms with Crippen LogP contribution in [0.1, 0.15) is 38.4 Å². The van der Waals surface area contributed by atoms with Crippen molar-refractivity contribution in [1.82, 2.24) is 9.62 Å². The van der Waals surface area contributed by atoms with Crippen molar-refractivity contribution in [2.24, 2.45) is 5.92 Å². The summed E-state index contributed by atoms with van der Waals surface area (Å²) in [4.78, 5) is 2.41. The molecule has 1 atom stereocenters. The highest BCUT2D eigenvalue weighted by molar-refractivity contribution is 7.90. The molecule has 0 amide bonds. The van der Waals surface area contributed by atoms with Crippen LogP contribution in [0, 0.1) is 5.92 Å². The Hall–Kier alpha value is -1.11. The highest BCUT2D eigenvalue weighted by Crippen LogP contribution is 2.27. The van der Waals surface area contributed by atoms with Crippen LogP contribution >= 0.6 is 0 Å². The number of likely N-dealkylation sites (tertiary alicyclic amines) is 1. The van der Waals surface area contributed by atoms with E-state index in [4.69, 9.17) is 4.42 Å². The Morgan fingerprint density at radius 2 is 2.26 bits per heavy atom. The largest absolute Gasteiger partial charge is 0.465 e. The van der Waals surface area contributed by atoms with Crippen LogP contribution in [0.4, 0.5) is 0 Å². The molecule has 0 unspecified atom stereocenters. The molecule has 1 saturated carbocycles. The van der Waals surface area contributed by atoms with Gasteiger partial charge in [0.25, 0.3) is 0 Å². The molecule has 1 aromatic rings. The summed E-state index contributed by atoms with van der Waals surface area (Å²) < 4.78 is 32.0. The number of nitrogens with zero attached hydrogens (tertiary/aromatic N) is 1. The Balaban J connectivity index is 1.48. The Morgan fingerprint density at radius 1 is 1.43 bits per heavy atom. The maximum absolute atomic E-state index is 11.9. The molecule has 2 heterocycles. The van der Waals surface area contributed by atoms with Crippen LogP contribution in [0.15, 0.2) is 28.4 Å². The summed E-state index contributed by atoms with van der Waals surface area (Å²) in [5.74, 6) is 1.29. The van der Waals surface area contributed by atoms with E-state index >= 15 is 0 Å². The highest BCUT2D eigenvalue weighted by atomic mass is 32.2. The van der Waals surface area contributed by atoms with E-state index in [-0.39, 0.29) is 5.25 Å². The van der Waals surface area contributed by atoms with Crippen LogP contribution in [0.5, 0.6) is 0 Å². The molecule has 128 valence electrons. The predicted molar refractivity (Wildman–Crippen MR) is 91.5 cm³/mol. The third kappa shape index (κ3) is 4.93. The van der Waals surface area contributed by atoms with E-state index in [1.54, 1.807) is 6.26 Å². The molecule has 0 bridgehead atoms. The second kappa shape index (κ2) is 7.20. The molecule has 1 aromatic heterocycles. The lowest BCUT2D eigenvalue weighted by Crippen LogP contribution is -2.42. The first kappa shape index (κ1) is 16.7. The van der Waals surface area contributed by atoms with Gasteiger partial charge in [0.15, 0.2) is 0 Å². The van der Waals surface area contributed by atoms with Crippen molar-refractivity contribution in [1.29, 1.82) is 0 Å². The summed E-state index contributed by atoms with van der Waals surface area (Å²) in [6.07, 6.45) is 7.63. The number of rotatable bonds is 7. The quantitative estimate of drug-likeness (QED) is 0.830. The monoisotopic (exact) mass is 338 g/mol. The van der Waals surface area contributed by atoms with Gasteiger partial charge in [0, 0.05) is 19.6 Å². The smallest absolute Gasteiger partial charge is 0.214 e. The van der Waals surface area contributed by atoms with Gasteiger partial charge in [-0.3, -0.25) is 4.90 Å². The average molecular weight is 338 g/mol. The van der Waals surface area contributed by atoms with Crippen molar-refractivity contribution >= 4 is 16.1 Å². The minimum Gasteiger partial charge on any atom is -0.465 e. The molecule has 1 N–H and O–H groups in total. The van der Waals surface area contributed by atoms with E-state index in [9.17, 15) is 8.42 Å². The molecule has 0 radical (unpaired) electrons. The Bertz CT molecular complexity index is 633. The van der Waals surface area contributed by atoms with Gasteiger partial charge in [-0.1, -0.05) is 5.57 Å². The fraction of sp³-hybridized carbons (Fsp3) is 0.647. The van der Waals surface area contributed by atoms with Gasteiger partial charge in [0.2, 0.25) is 10.0 Å². The Kier molecular flexibility index (Phi) is 5.24. The molecule has 1 aliphatic carbocycles. The van der Waals surface area contributed by atoms with Crippen molar-refractivity contribution < 1.29 is 12.8 Å². The lowest BCUT2D eigenvalue weighted by Gasteiger charge is -2.33. The second-order valence-electron chi connectivity index (χ2n) is 6.84. The van der Waals surface area contributed by atoms with Crippen molar-refractivity contribution in [3.63, 3.8) is 0 Å². The van der Waals surface area contributed by atoms with E-state index in [0.717, 1.165) is 51.1 Å². The topological polar surface area (TPSA) is 62.6 Å². The molecule has 3 rings (SSSR count). The standard InChI is InChI=1S/C17H26N2O3S/c1-14(10-16-5-3-9-22-16)12-19-8-2-4-15(13-19)11-18-23(20,21)17-6-7-17/h3,5,9-10,15,17-18H,2,4,6-8,11-13H2,1H3/b14-10+/t15-/m0/s1. The SMILES string of the molecule is C/C(=C\c1ccco1)CN1CCC[C@@H](CNS(=O)(=O)C2CC2)C1. The van der Waals surface area contributed by atoms with E-state index in [1.807, 2.05) is 12.1 Å². The minimum absolute atomic E-state index is 0.124. The van der Waals surface area contributed by atoms with Crippen molar-refractivity contribution in [2.75, 3.05) is 26.2 Å². The summed E-state index contributed by atoms with van der Waals surface area (Å²) in [5, 5.41) is -0.124. The van der Waals surface area contributed by atoms with Gasteiger partial charge in [0.1, 0.15) is 5.76 Å². The zero-order chi connectivity index (χ0) is 16.3. The van der Waals surface area contributed by atoms with Gasteiger partial charge in [-0.05, 0) is 63.3 Å². The molecular weight excluding hydrogens is 312 g/mol. The van der Waals surface area contributed by atoms with Gasteiger partial charge in [-0.15, -0.1) is 0 Å². The van der Waals surface area contributed by atoms with Crippen molar-refractivity contribution in [3.8, 4) is 0 Å². The number of furan rings is 1. The van der Waals surface area contributed by atoms with E-state index < -0.39 is 10.0 Å². The summed E-state index contributed by atoms with van der Waals surface area (Å²) >= 11 is 0. The summed E-state index contributed by atoms with van der Waals surface area (Å²) in [7, 11) is -3.05. The third-order valence-electron chi connectivity index (χ3n) is 4.54. The van der Waals surface area contributed by atoms with Crippen LogP contribution in [-0.2, 0) is 10.0 Å². The second-order valence-corrected chi connectivity index (χ2v) is 8.89. The molecule has 2 fully saturated rings. The molecular formula is C17H26N2O3S. The molecule has 0 spiro atoms. The van der Waals surface area contributed by atoms with Gasteiger partial charge < -0.3 is 4.42 Å². The van der Waals surface area contributed by atoms with E-state index in [2.05, 4.69) is 22.6 Å². The fourth-order valence-electron chi connectivity index (χ4n) is 3.21. The molecule has 2 aliphatic rings. The molecule has 1 aliphatic heterocycles. The molecule has 1 saturated heterocycles. The van der Waals surface area contributed by atoms with Crippen LogP contribution in [-0.4, -0.2) is 44.7 Å². The number of nitrogens with one attached hydrogen (secondary N) is 1. The van der Waals surface area contributed by atoms with Crippen LogP contribution in [0.25, 0.3) is 6.08 Å². The minimum atomic E-state index is -3.05. The number of piperidine rings is 1.